The molecule has 13 heavy (non-hydrogen) atoms. The molecule has 0 spiro atoms. The summed E-state index contributed by atoms with van der Waals surface area (Å²) < 4.78 is 0.585. The molecule has 4 heteroatoms. The molecule has 0 radical (unpaired) electrons. The minimum atomic E-state index is 0.324. The molecule has 1 aromatic carbocycles. The van der Waals surface area contributed by atoms with Gasteiger partial charge in [0.2, 0.25) is 0 Å². The number of nitrogens with zero attached hydrogens (tertiary/aromatic N) is 1. The topological polar surface area (TPSA) is 57.9 Å². The molecule has 1 aromatic rings. The molecular weight excluding hydrogens is 281 g/mol. The molecule has 0 fully saturated rings. The van der Waals surface area contributed by atoms with Gasteiger partial charge in [-0.15, -0.1) is 0 Å². The Morgan fingerprint density at radius 1 is 1.23 bits per heavy atom. The van der Waals surface area contributed by atoms with Gasteiger partial charge in [-0.3, -0.25) is 9.59 Å². The fourth-order valence-electron chi connectivity index (χ4n) is 0.906. The lowest BCUT2D eigenvalue weighted by molar-refractivity contribution is 0.112. The molecule has 0 unspecified atom stereocenters. The second-order valence-electron chi connectivity index (χ2n) is 2.32. The highest BCUT2D eigenvalue weighted by atomic mass is 127. The van der Waals surface area contributed by atoms with Crippen molar-refractivity contribution in [3.8, 4) is 6.07 Å². The van der Waals surface area contributed by atoms with Crippen LogP contribution in [0.1, 0.15) is 26.3 Å². The van der Waals surface area contributed by atoms with Gasteiger partial charge >= 0.3 is 0 Å². The van der Waals surface area contributed by atoms with Crippen molar-refractivity contribution in [3.63, 3.8) is 0 Å². The van der Waals surface area contributed by atoms with Gasteiger partial charge < -0.3 is 0 Å². The Morgan fingerprint density at radius 2 is 1.69 bits per heavy atom. The van der Waals surface area contributed by atoms with E-state index in [4.69, 9.17) is 5.26 Å². The summed E-state index contributed by atoms with van der Waals surface area (Å²) in [4.78, 5) is 21.1. The highest BCUT2D eigenvalue weighted by Gasteiger charge is 2.06. The van der Waals surface area contributed by atoms with Crippen LogP contribution >= 0.6 is 22.6 Å². The number of benzene rings is 1. The standard InChI is InChI=1S/C9H4INO2/c10-9-7(4-12)1-6(3-11)2-8(9)5-13/h1-2,4-5H. The van der Waals surface area contributed by atoms with Crippen molar-refractivity contribution >= 4 is 35.2 Å². The summed E-state index contributed by atoms with van der Waals surface area (Å²) in [5, 5.41) is 8.58. The maximum atomic E-state index is 10.5. The smallest absolute Gasteiger partial charge is 0.151 e. The summed E-state index contributed by atoms with van der Waals surface area (Å²) in [5.41, 5.74) is 1.08. The normalized spacial score (nSPS) is 8.92. The van der Waals surface area contributed by atoms with Gasteiger partial charge in [-0.2, -0.15) is 5.26 Å². The van der Waals surface area contributed by atoms with E-state index in [-0.39, 0.29) is 0 Å². The van der Waals surface area contributed by atoms with Crippen LogP contribution in [0, 0.1) is 14.9 Å². The van der Waals surface area contributed by atoms with Gasteiger partial charge in [0.1, 0.15) is 0 Å². The van der Waals surface area contributed by atoms with Crippen LogP contribution in [0.2, 0.25) is 0 Å². The minimum Gasteiger partial charge on any atom is -0.298 e. The van der Waals surface area contributed by atoms with Crippen molar-refractivity contribution in [1.82, 2.24) is 0 Å². The molecule has 0 amide bonds. The predicted octanol–water partition coefficient (Wildman–Crippen LogP) is 1.79. The predicted molar refractivity (Wildman–Crippen MR) is 54.6 cm³/mol. The largest absolute Gasteiger partial charge is 0.298 e. The van der Waals surface area contributed by atoms with E-state index in [1.54, 1.807) is 0 Å². The van der Waals surface area contributed by atoms with E-state index in [1.807, 2.05) is 28.7 Å². The second-order valence-corrected chi connectivity index (χ2v) is 3.39. The van der Waals surface area contributed by atoms with Crippen LogP contribution in [-0.4, -0.2) is 12.6 Å². The van der Waals surface area contributed by atoms with Crippen molar-refractivity contribution < 1.29 is 9.59 Å². The number of aldehydes is 2. The molecule has 1 rings (SSSR count). The Hall–Kier alpha value is -1.22. The number of carbonyl (C=O) groups excluding carboxylic acids is 2. The molecule has 0 aliphatic heterocycles. The first-order chi connectivity index (χ1) is 6.22. The molecule has 0 heterocycles. The lowest BCUT2D eigenvalue weighted by Gasteiger charge is -2.00. The van der Waals surface area contributed by atoms with Crippen LogP contribution in [0.4, 0.5) is 0 Å². The summed E-state index contributed by atoms with van der Waals surface area (Å²) in [5.74, 6) is 0. The fourth-order valence-corrected chi connectivity index (χ4v) is 1.47. The van der Waals surface area contributed by atoms with E-state index in [0.29, 0.717) is 32.8 Å². The van der Waals surface area contributed by atoms with E-state index in [9.17, 15) is 9.59 Å². The van der Waals surface area contributed by atoms with Crippen molar-refractivity contribution in [2.24, 2.45) is 0 Å². The van der Waals surface area contributed by atoms with Crippen LogP contribution in [0.15, 0.2) is 12.1 Å². The lowest BCUT2D eigenvalue weighted by Crippen LogP contribution is -1.94. The molecule has 0 aromatic heterocycles. The zero-order chi connectivity index (χ0) is 9.84. The summed E-state index contributed by atoms with van der Waals surface area (Å²) in [6.07, 6.45) is 1.27. The molecule has 3 nitrogen and oxygen atoms in total. The fraction of sp³-hybridized carbons (Fsp3) is 0. The Balaban J connectivity index is 3.47. The zero-order valence-corrected chi connectivity index (χ0v) is 8.61. The van der Waals surface area contributed by atoms with E-state index in [1.165, 1.54) is 12.1 Å². The van der Waals surface area contributed by atoms with Crippen molar-refractivity contribution in [2.45, 2.75) is 0 Å². The first kappa shape index (κ1) is 9.86. The van der Waals surface area contributed by atoms with Crippen LogP contribution in [0.25, 0.3) is 0 Å². The Labute approximate surface area is 88.5 Å². The molecule has 64 valence electrons. The van der Waals surface area contributed by atoms with Gasteiger partial charge in [0.25, 0.3) is 0 Å². The Morgan fingerprint density at radius 3 is 2.00 bits per heavy atom. The van der Waals surface area contributed by atoms with Crippen LogP contribution in [0.5, 0.6) is 0 Å². The van der Waals surface area contributed by atoms with Crippen molar-refractivity contribution in [2.75, 3.05) is 0 Å². The first-order valence-corrected chi connectivity index (χ1v) is 4.44. The third kappa shape index (κ3) is 1.92. The van der Waals surface area contributed by atoms with Gasteiger partial charge in [0.15, 0.2) is 12.6 Å². The zero-order valence-electron chi connectivity index (χ0n) is 6.45. The van der Waals surface area contributed by atoms with Crippen LogP contribution < -0.4 is 0 Å². The lowest BCUT2D eigenvalue weighted by atomic mass is 10.1. The molecule has 0 bridgehead atoms. The summed E-state index contributed by atoms with van der Waals surface area (Å²) >= 11 is 1.90. The molecule has 0 atom stereocenters. The van der Waals surface area contributed by atoms with Crippen LogP contribution in [-0.2, 0) is 0 Å². The number of nitriles is 1. The molecular formula is C9H4INO2. The monoisotopic (exact) mass is 285 g/mol. The van der Waals surface area contributed by atoms with Gasteiger partial charge in [-0.1, -0.05) is 0 Å². The highest BCUT2D eigenvalue weighted by Crippen LogP contribution is 2.16. The summed E-state index contributed by atoms with van der Waals surface area (Å²) in [6.45, 7) is 0. The molecule has 0 aliphatic rings. The van der Waals surface area contributed by atoms with E-state index in [0.717, 1.165) is 0 Å². The maximum Gasteiger partial charge on any atom is 0.151 e. The third-order valence-corrected chi connectivity index (χ3v) is 2.76. The van der Waals surface area contributed by atoms with Crippen LogP contribution in [0.3, 0.4) is 0 Å². The summed E-state index contributed by atoms with van der Waals surface area (Å²) in [7, 11) is 0. The number of hydrogen-bond donors (Lipinski definition) is 0. The number of halogens is 1. The number of rotatable bonds is 2. The van der Waals surface area contributed by atoms with Gasteiger partial charge in [-0.05, 0) is 34.7 Å². The molecule has 0 N–H and O–H groups in total. The van der Waals surface area contributed by atoms with E-state index >= 15 is 0 Å². The van der Waals surface area contributed by atoms with Gasteiger partial charge in [0, 0.05) is 14.7 Å². The average Bonchev–Trinajstić information content (AvgIpc) is 2.18. The SMILES string of the molecule is N#Cc1cc(C=O)c(I)c(C=O)c1. The summed E-state index contributed by atoms with van der Waals surface area (Å²) in [6, 6.07) is 4.80. The second kappa shape index (κ2) is 4.14. The number of hydrogen-bond acceptors (Lipinski definition) is 3. The number of carbonyl (C=O) groups is 2. The maximum absolute atomic E-state index is 10.5. The van der Waals surface area contributed by atoms with Crippen molar-refractivity contribution in [1.29, 1.82) is 5.26 Å². The Bertz CT molecular complexity index is 378. The van der Waals surface area contributed by atoms with E-state index < -0.39 is 0 Å². The molecule has 0 saturated heterocycles. The highest BCUT2D eigenvalue weighted by molar-refractivity contribution is 14.1. The third-order valence-electron chi connectivity index (χ3n) is 1.51. The minimum absolute atomic E-state index is 0.324. The van der Waals surface area contributed by atoms with Crippen molar-refractivity contribution in [3.05, 3.63) is 32.4 Å². The quantitative estimate of drug-likeness (QED) is 0.615. The first-order valence-electron chi connectivity index (χ1n) is 3.37. The van der Waals surface area contributed by atoms with Gasteiger partial charge in [-0.25, -0.2) is 0 Å². The molecule has 0 saturated carbocycles. The average molecular weight is 285 g/mol. The van der Waals surface area contributed by atoms with E-state index in [2.05, 4.69) is 0 Å². The molecule has 0 aliphatic carbocycles. The Kier molecular flexibility index (Phi) is 3.14. The van der Waals surface area contributed by atoms with Gasteiger partial charge in [0.05, 0.1) is 11.6 Å².